The number of carbonyl (C=O) groups excluding carboxylic acids is 1. The summed E-state index contributed by atoms with van der Waals surface area (Å²) in [6, 6.07) is 13.5. The van der Waals surface area contributed by atoms with Gasteiger partial charge in [-0.05, 0) is 67.5 Å². The predicted octanol–water partition coefficient (Wildman–Crippen LogP) is 2.57. The Morgan fingerprint density at radius 2 is 1.83 bits per heavy atom. The standard InChI is InChI=1S/C30H43N3O8S/c1-30(2,14-15-31)18-25(33-42(36,37)22-11-9-21(38-3)10-12-22)27(34)24(17-20-7-5-4-6-8-20)32-29(35)41-26-19-40-28-23(26)13-16-39-28/h4-12,23-28,33-34H,13-19,31H2,1-3H3,(H,32,35)/t23?,24-,25?,26?,27+,28?/m0/s1. The average molecular weight is 606 g/mol. The van der Waals surface area contributed by atoms with Crippen LogP contribution in [0.4, 0.5) is 4.79 Å². The molecule has 6 atom stereocenters. The summed E-state index contributed by atoms with van der Waals surface area (Å²) in [5.74, 6) is 0.470. The Kier molecular flexibility index (Phi) is 10.8. The highest BCUT2D eigenvalue weighted by Gasteiger charge is 2.44. The molecule has 42 heavy (non-hydrogen) atoms. The third-order valence-corrected chi connectivity index (χ3v) is 9.45. The van der Waals surface area contributed by atoms with E-state index in [1.54, 1.807) is 12.1 Å². The van der Waals surface area contributed by atoms with Crippen molar-refractivity contribution in [2.45, 2.75) is 75.0 Å². The summed E-state index contributed by atoms with van der Waals surface area (Å²) in [5, 5.41) is 14.6. The van der Waals surface area contributed by atoms with Gasteiger partial charge in [-0.25, -0.2) is 17.9 Å². The zero-order valence-electron chi connectivity index (χ0n) is 24.4. The van der Waals surface area contributed by atoms with E-state index in [-0.39, 0.29) is 36.6 Å². The first-order valence-corrected chi connectivity index (χ1v) is 15.8. The molecule has 12 heteroatoms. The third-order valence-electron chi connectivity index (χ3n) is 7.94. The Morgan fingerprint density at radius 1 is 1.12 bits per heavy atom. The van der Waals surface area contributed by atoms with Gasteiger partial charge in [0.15, 0.2) is 6.29 Å². The summed E-state index contributed by atoms with van der Waals surface area (Å²) >= 11 is 0. The van der Waals surface area contributed by atoms with Gasteiger partial charge in [-0.2, -0.15) is 0 Å². The number of ether oxygens (including phenoxy) is 4. The maximum atomic E-state index is 13.5. The highest BCUT2D eigenvalue weighted by Crippen LogP contribution is 2.33. The number of aliphatic hydroxyl groups excluding tert-OH is 1. The normalized spacial score (nSPS) is 22.6. The molecule has 2 aliphatic heterocycles. The van der Waals surface area contributed by atoms with Crippen LogP contribution in [0.25, 0.3) is 0 Å². The Hall–Kier alpha value is -2.74. The molecular weight excluding hydrogens is 562 g/mol. The monoisotopic (exact) mass is 605 g/mol. The Balaban J connectivity index is 1.58. The van der Waals surface area contributed by atoms with Crippen LogP contribution in [-0.4, -0.2) is 77.1 Å². The number of benzene rings is 2. The molecule has 232 valence electrons. The van der Waals surface area contributed by atoms with Crippen LogP contribution < -0.4 is 20.5 Å². The van der Waals surface area contributed by atoms with E-state index in [9.17, 15) is 18.3 Å². The summed E-state index contributed by atoms with van der Waals surface area (Å²) in [4.78, 5) is 13.2. The number of alkyl carbamates (subject to hydrolysis) is 1. The SMILES string of the molecule is COc1ccc(S(=O)(=O)NC(CC(C)(C)CCN)[C@H](O)[C@H](Cc2ccccc2)NC(=O)OC2COC3OCCC23)cc1. The molecule has 0 spiro atoms. The minimum atomic E-state index is -4.05. The minimum Gasteiger partial charge on any atom is -0.497 e. The van der Waals surface area contributed by atoms with E-state index < -0.39 is 45.8 Å². The van der Waals surface area contributed by atoms with Crippen LogP contribution in [0.2, 0.25) is 0 Å². The predicted molar refractivity (Wildman–Crippen MR) is 156 cm³/mol. The lowest BCUT2D eigenvalue weighted by molar-refractivity contribution is -0.0907. The van der Waals surface area contributed by atoms with Gasteiger partial charge in [-0.15, -0.1) is 0 Å². The van der Waals surface area contributed by atoms with Gasteiger partial charge in [0.1, 0.15) is 11.9 Å². The van der Waals surface area contributed by atoms with E-state index in [0.717, 1.165) is 12.0 Å². The molecule has 5 N–H and O–H groups in total. The molecule has 0 radical (unpaired) electrons. The second-order valence-electron chi connectivity index (χ2n) is 11.7. The number of amides is 1. The van der Waals surface area contributed by atoms with Gasteiger partial charge in [-0.3, -0.25) is 0 Å². The maximum Gasteiger partial charge on any atom is 0.407 e. The molecule has 2 saturated heterocycles. The number of rotatable bonds is 14. The highest BCUT2D eigenvalue weighted by molar-refractivity contribution is 7.89. The first kappa shape index (κ1) is 32.2. The second-order valence-corrected chi connectivity index (χ2v) is 13.4. The molecule has 11 nitrogen and oxygen atoms in total. The number of methoxy groups -OCH3 is 1. The molecule has 1 amide bonds. The molecule has 4 unspecified atom stereocenters. The molecular formula is C30H43N3O8S. The molecule has 2 aromatic rings. The molecule has 2 fully saturated rings. The fourth-order valence-corrected chi connectivity index (χ4v) is 6.87. The molecule has 2 aromatic carbocycles. The average Bonchev–Trinajstić information content (AvgIpc) is 3.57. The third kappa shape index (κ3) is 8.42. The van der Waals surface area contributed by atoms with Crippen LogP contribution in [0.5, 0.6) is 5.75 Å². The minimum absolute atomic E-state index is 0.0266. The van der Waals surface area contributed by atoms with Crippen LogP contribution in [0.3, 0.4) is 0 Å². The first-order valence-electron chi connectivity index (χ1n) is 14.3. The summed E-state index contributed by atoms with van der Waals surface area (Å²) < 4.78 is 51.7. The Labute approximate surface area is 248 Å². The topological polar surface area (TPSA) is 158 Å². The quantitative estimate of drug-likeness (QED) is 0.254. The van der Waals surface area contributed by atoms with E-state index in [1.807, 2.05) is 44.2 Å². The largest absolute Gasteiger partial charge is 0.497 e. The van der Waals surface area contributed by atoms with Crippen molar-refractivity contribution in [3.05, 3.63) is 60.2 Å². The van der Waals surface area contributed by atoms with Crippen LogP contribution >= 0.6 is 0 Å². The lowest BCUT2D eigenvalue weighted by Gasteiger charge is -2.36. The van der Waals surface area contributed by atoms with Gasteiger partial charge in [-0.1, -0.05) is 44.2 Å². The number of nitrogens with one attached hydrogen (secondary N) is 2. The number of fused-ring (bicyclic) bond motifs is 1. The van der Waals surface area contributed by atoms with Crippen molar-refractivity contribution in [2.75, 3.05) is 26.9 Å². The van der Waals surface area contributed by atoms with Crippen LogP contribution in [0.15, 0.2) is 59.5 Å². The van der Waals surface area contributed by atoms with E-state index in [0.29, 0.717) is 25.3 Å². The van der Waals surface area contributed by atoms with E-state index in [4.69, 9.17) is 24.7 Å². The van der Waals surface area contributed by atoms with Crippen molar-refractivity contribution in [3.8, 4) is 5.75 Å². The fourth-order valence-electron chi connectivity index (χ4n) is 5.62. The molecule has 2 aliphatic rings. The summed E-state index contributed by atoms with van der Waals surface area (Å²) in [6.45, 7) is 5.10. The zero-order chi connectivity index (χ0) is 30.3. The van der Waals surface area contributed by atoms with Gasteiger partial charge < -0.3 is 35.1 Å². The van der Waals surface area contributed by atoms with Crippen molar-refractivity contribution in [1.82, 2.24) is 10.0 Å². The summed E-state index contributed by atoms with van der Waals surface area (Å²) in [6.07, 6.45) is -1.05. The van der Waals surface area contributed by atoms with Crippen LogP contribution in [0, 0.1) is 11.3 Å². The van der Waals surface area contributed by atoms with Gasteiger partial charge in [0.25, 0.3) is 0 Å². The van der Waals surface area contributed by atoms with E-state index >= 15 is 0 Å². The lowest BCUT2D eigenvalue weighted by Crippen LogP contribution is -2.56. The van der Waals surface area contributed by atoms with Crippen LogP contribution in [-0.2, 0) is 30.7 Å². The summed E-state index contributed by atoms with van der Waals surface area (Å²) in [7, 11) is -2.55. The molecule has 0 aliphatic carbocycles. The van der Waals surface area contributed by atoms with Gasteiger partial charge in [0.2, 0.25) is 10.0 Å². The number of hydrogen-bond acceptors (Lipinski definition) is 9. The smallest absolute Gasteiger partial charge is 0.407 e. The van der Waals surface area contributed by atoms with Crippen molar-refractivity contribution >= 4 is 16.1 Å². The zero-order valence-corrected chi connectivity index (χ0v) is 25.2. The highest BCUT2D eigenvalue weighted by atomic mass is 32.2. The van der Waals surface area contributed by atoms with Crippen molar-refractivity contribution < 1.29 is 37.3 Å². The summed E-state index contributed by atoms with van der Waals surface area (Å²) in [5.41, 5.74) is 6.29. The van der Waals surface area contributed by atoms with Crippen molar-refractivity contribution in [1.29, 1.82) is 0 Å². The Bertz CT molecular complexity index is 1260. The number of aliphatic hydroxyl groups is 1. The van der Waals surface area contributed by atoms with E-state index in [2.05, 4.69) is 10.0 Å². The van der Waals surface area contributed by atoms with Gasteiger partial charge >= 0.3 is 6.09 Å². The van der Waals surface area contributed by atoms with Crippen molar-refractivity contribution in [3.63, 3.8) is 0 Å². The lowest BCUT2D eigenvalue weighted by atomic mass is 9.80. The Morgan fingerprint density at radius 3 is 2.50 bits per heavy atom. The number of sulfonamides is 1. The van der Waals surface area contributed by atoms with E-state index in [1.165, 1.54) is 19.2 Å². The fraction of sp³-hybridized carbons (Fsp3) is 0.567. The second kappa shape index (κ2) is 14.2. The molecule has 0 saturated carbocycles. The van der Waals surface area contributed by atoms with Gasteiger partial charge in [0.05, 0.1) is 49.3 Å². The molecule has 2 heterocycles. The number of hydrogen-bond donors (Lipinski definition) is 4. The van der Waals surface area contributed by atoms with Crippen LogP contribution in [0.1, 0.15) is 38.7 Å². The molecule has 0 bridgehead atoms. The number of nitrogens with two attached hydrogens (primary N) is 1. The number of carbonyl (C=O) groups is 1. The van der Waals surface area contributed by atoms with Gasteiger partial charge in [0, 0.05) is 0 Å². The molecule has 0 aromatic heterocycles. The first-order chi connectivity index (χ1) is 20.0. The molecule has 4 rings (SSSR count). The maximum absolute atomic E-state index is 13.5. The van der Waals surface area contributed by atoms with Crippen molar-refractivity contribution in [2.24, 2.45) is 17.1 Å².